The first-order valence-electron chi connectivity index (χ1n) is 8.96. The lowest BCUT2D eigenvalue weighted by atomic mass is 10.0. The summed E-state index contributed by atoms with van der Waals surface area (Å²) >= 11 is 12.0. The maximum Gasteiger partial charge on any atom is 0.253 e. The van der Waals surface area contributed by atoms with Gasteiger partial charge in [0.25, 0.3) is 5.91 Å². The van der Waals surface area contributed by atoms with Crippen LogP contribution in [0.15, 0.2) is 42.5 Å². The largest absolute Gasteiger partial charge is 0.497 e. The molecule has 0 heterocycles. The van der Waals surface area contributed by atoms with Crippen LogP contribution in [-0.2, 0) is 11.3 Å². The van der Waals surface area contributed by atoms with Crippen LogP contribution in [0.2, 0.25) is 10.0 Å². The number of benzene rings is 2. The molecule has 1 atom stereocenters. The van der Waals surface area contributed by atoms with Crippen molar-refractivity contribution in [3.05, 3.63) is 63.6 Å². The third kappa shape index (κ3) is 6.43. The number of methoxy groups -OCH3 is 1. The molecule has 28 heavy (non-hydrogen) atoms. The van der Waals surface area contributed by atoms with Crippen LogP contribution in [0, 0.1) is 5.92 Å². The Kier molecular flexibility index (Phi) is 8.15. The second kappa shape index (κ2) is 10.3. The highest BCUT2D eigenvalue weighted by Crippen LogP contribution is 2.21. The highest BCUT2D eigenvalue weighted by Gasteiger charge is 2.23. The molecule has 0 aliphatic rings. The quantitative estimate of drug-likeness (QED) is 0.659. The van der Waals surface area contributed by atoms with Gasteiger partial charge in [0.05, 0.1) is 17.7 Å². The van der Waals surface area contributed by atoms with Crippen LogP contribution in [0.3, 0.4) is 0 Å². The Morgan fingerprint density at radius 1 is 1.11 bits per heavy atom. The average molecular weight is 423 g/mol. The molecule has 0 saturated carbocycles. The lowest BCUT2D eigenvalue weighted by molar-refractivity contribution is -0.123. The van der Waals surface area contributed by atoms with E-state index in [2.05, 4.69) is 10.6 Å². The number of halogens is 2. The molecule has 5 nitrogen and oxygen atoms in total. The molecule has 2 rings (SSSR count). The third-order valence-electron chi connectivity index (χ3n) is 4.11. The van der Waals surface area contributed by atoms with Gasteiger partial charge >= 0.3 is 0 Å². The van der Waals surface area contributed by atoms with E-state index in [1.54, 1.807) is 19.2 Å². The van der Waals surface area contributed by atoms with Crippen LogP contribution in [0.5, 0.6) is 5.75 Å². The molecular weight excluding hydrogens is 399 g/mol. The van der Waals surface area contributed by atoms with Gasteiger partial charge in [0.15, 0.2) is 0 Å². The molecule has 0 aliphatic carbocycles. The Labute approximate surface area is 175 Å². The molecule has 0 radical (unpaired) electrons. The predicted molar refractivity (Wildman–Crippen MR) is 112 cm³/mol. The molecule has 0 spiro atoms. The van der Waals surface area contributed by atoms with E-state index in [4.69, 9.17) is 27.9 Å². The van der Waals surface area contributed by atoms with Crippen molar-refractivity contribution in [1.82, 2.24) is 10.6 Å². The van der Waals surface area contributed by atoms with Gasteiger partial charge in [-0.3, -0.25) is 9.59 Å². The van der Waals surface area contributed by atoms with Crippen molar-refractivity contribution in [2.24, 2.45) is 5.92 Å². The van der Waals surface area contributed by atoms with E-state index in [1.165, 1.54) is 6.07 Å². The Bertz CT molecular complexity index is 840. The van der Waals surface area contributed by atoms with Gasteiger partial charge in [-0.1, -0.05) is 49.2 Å². The van der Waals surface area contributed by atoms with Crippen molar-refractivity contribution >= 4 is 35.0 Å². The summed E-state index contributed by atoms with van der Waals surface area (Å²) in [6.45, 7) is 4.32. The molecule has 150 valence electrons. The molecule has 1 unspecified atom stereocenters. The molecule has 0 fully saturated rings. The van der Waals surface area contributed by atoms with E-state index in [-0.39, 0.29) is 22.4 Å². The van der Waals surface area contributed by atoms with Crippen LogP contribution in [0.4, 0.5) is 0 Å². The van der Waals surface area contributed by atoms with Gasteiger partial charge in [-0.15, -0.1) is 0 Å². The minimum absolute atomic E-state index is 0.216. The zero-order valence-corrected chi connectivity index (χ0v) is 17.6. The zero-order valence-electron chi connectivity index (χ0n) is 16.1. The Morgan fingerprint density at radius 2 is 1.86 bits per heavy atom. The van der Waals surface area contributed by atoms with Gasteiger partial charge < -0.3 is 15.4 Å². The molecule has 2 N–H and O–H groups in total. The molecule has 7 heteroatoms. The Morgan fingerprint density at radius 3 is 2.50 bits per heavy atom. The smallest absolute Gasteiger partial charge is 0.253 e. The first-order chi connectivity index (χ1) is 13.3. The van der Waals surface area contributed by atoms with Gasteiger partial charge in [0.1, 0.15) is 11.8 Å². The van der Waals surface area contributed by atoms with E-state index in [1.807, 2.05) is 38.1 Å². The Hall–Kier alpha value is -2.24. The van der Waals surface area contributed by atoms with Gasteiger partial charge in [0, 0.05) is 11.6 Å². The summed E-state index contributed by atoms with van der Waals surface area (Å²) in [4.78, 5) is 25.3. The SMILES string of the molecule is COc1cccc(CNC(=O)C(CC(C)C)NC(=O)c2ccc(Cl)cc2Cl)c1. The second-order valence-electron chi connectivity index (χ2n) is 6.85. The van der Waals surface area contributed by atoms with Crippen molar-refractivity contribution in [1.29, 1.82) is 0 Å². The molecule has 0 aromatic heterocycles. The van der Waals surface area contributed by atoms with Crippen LogP contribution in [0.25, 0.3) is 0 Å². The van der Waals surface area contributed by atoms with Crippen LogP contribution >= 0.6 is 23.2 Å². The Balaban J connectivity index is 2.06. The number of ether oxygens (including phenoxy) is 1. The van der Waals surface area contributed by atoms with E-state index >= 15 is 0 Å². The number of nitrogens with one attached hydrogen (secondary N) is 2. The molecule has 2 aromatic rings. The first kappa shape index (κ1) is 22.1. The highest BCUT2D eigenvalue weighted by molar-refractivity contribution is 6.36. The van der Waals surface area contributed by atoms with E-state index < -0.39 is 11.9 Å². The molecule has 0 saturated heterocycles. The van der Waals surface area contributed by atoms with Crippen molar-refractivity contribution in [3.8, 4) is 5.75 Å². The van der Waals surface area contributed by atoms with E-state index in [0.29, 0.717) is 18.0 Å². The van der Waals surface area contributed by atoms with Gasteiger partial charge in [-0.2, -0.15) is 0 Å². The molecule has 2 aromatic carbocycles. The number of hydrogen-bond donors (Lipinski definition) is 2. The van der Waals surface area contributed by atoms with Crippen molar-refractivity contribution < 1.29 is 14.3 Å². The van der Waals surface area contributed by atoms with Gasteiger partial charge in [0.2, 0.25) is 5.91 Å². The predicted octanol–water partition coefficient (Wildman–Crippen LogP) is 4.46. The monoisotopic (exact) mass is 422 g/mol. The summed E-state index contributed by atoms with van der Waals surface area (Å²) in [5.74, 6) is 0.267. The average Bonchev–Trinajstić information content (AvgIpc) is 2.65. The van der Waals surface area contributed by atoms with Crippen LogP contribution in [0.1, 0.15) is 36.2 Å². The zero-order chi connectivity index (χ0) is 20.7. The maximum absolute atomic E-state index is 12.7. The van der Waals surface area contributed by atoms with Crippen LogP contribution in [-0.4, -0.2) is 25.0 Å². The number of amides is 2. The summed E-state index contributed by atoms with van der Waals surface area (Å²) in [7, 11) is 1.59. The molecule has 0 bridgehead atoms. The van der Waals surface area contributed by atoms with Crippen molar-refractivity contribution in [3.63, 3.8) is 0 Å². The third-order valence-corrected chi connectivity index (χ3v) is 4.65. The fourth-order valence-electron chi connectivity index (χ4n) is 2.71. The van der Waals surface area contributed by atoms with E-state index in [9.17, 15) is 9.59 Å². The molecule has 2 amide bonds. The molecule has 0 aliphatic heterocycles. The van der Waals surface area contributed by atoms with Gasteiger partial charge in [-0.05, 0) is 48.2 Å². The summed E-state index contributed by atoms with van der Waals surface area (Å²) < 4.78 is 5.19. The van der Waals surface area contributed by atoms with E-state index in [0.717, 1.165) is 11.3 Å². The topological polar surface area (TPSA) is 67.4 Å². The first-order valence-corrected chi connectivity index (χ1v) is 9.72. The number of hydrogen-bond acceptors (Lipinski definition) is 3. The normalized spacial score (nSPS) is 11.8. The summed E-state index contributed by atoms with van der Waals surface area (Å²) in [6.07, 6.45) is 0.501. The minimum atomic E-state index is -0.676. The fourth-order valence-corrected chi connectivity index (χ4v) is 3.20. The summed E-state index contributed by atoms with van der Waals surface area (Å²) in [5.41, 5.74) is 1.18. The number of rotatable bonds is 8. The molecular formula is C21H24Cl2N2O3. The number of carbonyl (C=O) groups excluding carboxylic acids is 2. The second-order valence-corrected chi connectivity index (χ2v) is 7.69. The summed E-state index contributed by atoms with van der Waals surface area (Å²) in [6, 6.07) is 11.4. The lowest BCUT2D eigenvalue weighted by Crippen LogP contribution is -2.47. The summed E-state index contributed by atoms with van der Waals surface area (Å²) in [5, 5.41) is 6.34. The van der Waals surface area contributed by atoms with Crippen LogP contribution < -0.4 is 15.4 Å². The maximum atomic E-state index is 12.7. The lowest BCUT2D eigenvalue weighted by Gasteiger charge is -2.20. The fraction of sp³-hybridized carbons (Fsp3) is 0.333. The highest BCUT2D eigenvalue weighted by atomic mass is 35.5. The number of carbonyl (C=O) groups is 2. The van der Waals surface area contributed by atoms with Gasteiger partial charge in [-0.25, -0.2) is 0 Å². The standard InChI is InChI=1S/C21H24Cl2N2O3/c1-13(2)9-19(25-20(26)17-8-7-15(22)11-18(17)23)21(27)24-12-14-5-4-6-16(10-14)28-3/h4-8,10-11,13,19H,9,12H2,1-3H3,(H,24,27)(H,25,26). The van der Waals surface area contributed by atoms with Crippen molar-refractivity contribution in [2.75, 3.05) is 7.11 Å². The minimum Gasteiger partial charge on any atom is -0.497 e. The van der Waals surface area contributed by atoms with Crippen molar-refractivity contribution in [2.45, 2.75) is 32.9 Å².